The fourth-order valence-electron chi connectivity index (χ4n) is 1.81. The van der Waals surface area contributed by atoms with Crippen LogP contribution in [-0.2, 0) is 20.8 Å². The lowest BCUT2D eigenvalue weighted by Crippen LogP contribution is -2.18. The van der Waals surface area contributed by atoms with Crippen molar-refractivity contribution in [3.8, 4) is 0 Å². The maximum absolute atomic E-state index is 11.8. The molecule has 0 aliphatic rings. The summed E-state index contributed by atoms with van der Waals surface area (Å²) in [4.78, 5) is 14.5. The zero-order valence-electron chi connectivity index (χ0n) is 10.5. The number of nitrogens with zero attached hydrogens (tertiary/aromatic N) is 1. The van der Waals surface area contributed by atoms with E-state index < -0.39 is 10.1 Å². The Balaban J connectivity index is 2.20. The zero-order valence-corrected chi connectivity index (χ0v) is 12.8. The molecule has 0 saturated carbocycles. The van der Waals surface area contributed by atoms with Crippen LogP contribution in [0.4, 0.5) is 0 Å². The molecule has 0 aliphatic heterocycles. The van der Waals surface area contributed by atoms with Gasteiger partial charge in [0.05, 0.1) is 33.9 Å². The third-order valence-corrected chi connectivity index (χ3v) is 3.96. The lowest BCUT2D eigenvalue weighted by Gasteiger charge is -2.04. The molecule has 0 unspecified atom stereocenters. The van der Waals surface area contributed by atoms with Crippen LogP contribution in [-0.4, -0.2) is 30.8 Å². The normalized spacial score (nSPS) is 12.2. The molecule has 1 heterocycles. The minimum absolute atomic E-state index is 0.0132. The summed E-state index contributed by atoms with van der Waals surface area (Å²) < 4.78 is 27.7. The fourth-order valence-corrected chi connectivity index (χ4v) is 2.55. The summed E-state index contributed by atoms with van der Waals surface area (Å²) in [7, 11) is -3.46. The van der Waals surface area contributed by atoms with Crippen LogP contribution >= 0.6 is 23.2 Å². The van der Waals surface area contributed by atoms with E-state index in [1.165, 1.54) is 4.57 Å². The molecule has 0 amide bonds. The van der Waals surface area contributed by atoms with Gasteiger partial charge in [-0.2, -0.15) is 8.42 Å². The summed E-state index contributed by atoms with van der Waals surface area (Å²) in [5.74, 6) is 0. The van der Waals surface area contributed by atoms with Crippen molar-refractivity contribution in [3.63, 3.8) is 0 Å². The van der Waals surface area contributed by atoms with Gasteiger partial charge < -0.3 is 4.98 Å². The van der Waals surface area contributed by atoms with E-state index in [-0.39, 0.29) is 12.3 Å². The first-order valence-electron chi connectivity index (χ1n) is 5.70. The van der Waals surface area contributed by atoms with E-state index in [1.54, 1.807) is 12.1 Å². The summed E-state index contributed by atoms with van der Waals surface area (Å²) in [6, 6.07) is 3.17. The lowest BCUT2D eigenvalue weighted by molar-refractivity contribution is 0.307. The fraction of sp³-hybridized carbons (Fsp3) is 0.364. The van der Waals surface area contributed by atoms with Crippen molar-refractivity contribution in [2.45, 2.75) is 13.0 Å². The Bertz CT molecular complexity index is 795. The molecule has 20 heavy (non-hydrogen) atoms. The standard InChI is InChI=1S/C11H12Cl2N2O4S/c1-20(17,18)19-4-2-3-15-10-6-8(13)7(12)5-9(10)14-11(15)16/h5-6H,2-4H2,1H3,(H,14,16). The van der Waals surface area contributed by atoms with Gasteiger partial charge >= 0.3 is 5.69 Å². The van der Waals surface area contributed by atoms with Gasteiger partial charge in [-0.05, 0) is 18.6 Å². The third-order valence-electron chi connectivity index (χ3n) is 2.64. The van der Waals surface area contributed by atoms with Crippen LogP contribution in [0.3, 0.4) is 0 Å². The molecule has 0 saturated heterocycles. The minimum atomic E-state index is -3.46. The number of halogens is 2. The molecular weight excluding hydrogens is 327 g/mol. The molecule has 0 spiro atoms. The lowest BCUT2D eigenvalue weighted by atomic mass is 10.3. The number of rotatable bonds is 5. The molecule has 1 aromatic carbocycles. The van der Waals surface area contributed by atoms with Crippen molar-refractivity contribution in [2.24, 2.45) is 0 Å². The van der Waals surface area contributed by atoms with Gasteiger partial charge in [0, 0.05) is 6.54 Å². The van der Waals surface area contributed by atoms with Crippen molar-refractivity contribution in [2.75, 3.05) is 12.9 Å². The number of fused-ring (bicyclic) bond motifs is 1. The van der Waals surface area contributed by atoms with Crippen LogP contribution in [0.15, 0.2) is 16.9 Å². The molecule has 9 heteroatoms. The van der Waals surface area contributed by atoms with E-state index in [2.05, 4.69) is 9.17 Å². The number of hydrogen-bond donors (Lipinski definition) is 1. The molecule has 0 fully saturated rings. The second-order valence-electron chi connectivity index (χ2n) is 4.24. The van der Waals surface area contributed by atoms with Gasteiger partial charge in [-0.3, -0.25) is 8.75 Å². The van der Waals surface area contributed by atoms with Crippen molar-refractivity contribution < 1.29 is 12.6 Å². The Morgan fingerprint density at radius 3 is 2.60 bits per heavy atom. The van der Waals surface area contributed by atoms with Crippen LogP contribution in [0.25, 0.3) is 11.0 Å². The minimum Gasteiger partial charge on any atom is -0.305 e. The van der Waals surface area contributed by atoms with E-state index in [0.29, 0.717) is 34.0 Å². The number of hydrogen-bond acceptors (Lipinski definition) is 4. The predicted octanol–water partition coefficient (Wildman–Crippen LogP) is 2.00. The highest BCUT2D eigenvalue weighted by molar-refractivity contribution is 7.85. The second kappa shape index (κ2) is 5.77. The molecular formula is C11H12Cl2N2O4S. The molecule has 0 aliphatic carbocycles. The number of aromatic nitrogens is 2. The number of H-pyrrole nitrogens is 1. The number of benzene rings is 1. The van der Waals surface area contributed by atoms with Gasteiger partial charge in [-0.1, -0.05) is 23.2 Å². The van der Waals surface area contributed by atoms with Crippen molar-refractivity contribution in [1.82, 2.24) is 9.55 Å². The van der Waals surface area contributed by atoms with Gasteiger partial charge in [0.2, 0.25) is 0 Å². The van der Waals surface area contributed by atoms with E-state index >= 15 is 0 Å². The largest absolute Gasteiger partial charge is 0.326 e. The molecule has 0 atom stereocenters. The highest BCUT2D eigenvalue weighted by Crippen LogP contribution is 2.26. The molecule has 6 nitrogen and oxygen atoms in total. The van der Waals surface area contributed by atoms with Crippen LogP contribution in [0.1, 0.15) is 6.42 Å². The molecule has 1 aromatic heterocycles. The average molecular weight is 339 g/mol. The summed E-state index contributed by atoms with van der Waals surface area (Å²) >= 11 is 11.8. The molecule has 1 N–H and O–H groups in total. The number of aromatic amines is 1. The van der Waals surface area contributed by atoms with Crippen LogP contribution < -0.4 is 5.69 Å². The third kappa shape index (κ3) is 3.54. The van der Waals surface area contributed by atoms with Crippen molar-refractivity contribution in [3.05, 3.63) is 32.7 Å². The van der Waals surface area contributed by atoms with Gasteiger partial charge in [0.25, 0.3) is 10.1 Å². The second-order valence-corrected chi connectivity index (χ2v) is 6.70. The van der Waals surface area contributed by atoms with Crippen molar-refractivity contribution >= 4 is 44.4 Å². The van der Waals surface area contributed by atoms with Gasteiger partial charge in [-0.15, -0.1) is 0 Å². The molecule has 110 valence electrons. The number of nitrogens with one attached hydrogen (secondary N) is 1. The van der Waals surface area contributed by atoms with Crippen LogP contribution in [0.2, 0.25) is 10.0 Å². The summed E-state index contributed by atoms with van der Waals surface area (Å²) in [6.45, 7) is 0.325. The molecule has 0 radical (unpaired) electrons. The smallest absolute Gasteiger partial charge is 0.305 e. The Labute approximate surface area is 125 Å². The van der Waals surface area contributed by atoms with E-state index in [4.69, 9.17) is 23.2 Å². The first-order valence-corrected chi connectivity index (χ1v) is 8.27. The van der Waals surface area contributed by atoms with E-state index in [9.17, 15) is 13.2 Å². The maximum Gasteiger partial charge on any atom is 0.326 e. The summed E-state index contributed by atoms with van der Waals surface area (Å²) in [5, 5.41) is 0.701. The van der Waals surface area contributed by atoms with Crippen LogP contribution in [0, 0.1) is 0 Å². The highest BCUT2D eigenvalue weighted by atomic mass is 35.5. The van der Waals surface area contributed by atoms with Gasteiger partial charge in [0.1, 0.15) is 0 Å². The van der Waals surface area contributed by atoms with E-state index in [0.717, 1.165) is 6.26 Å². The topological polar surface area (TPSA) is 81.2 Å². The van der Waals surface area contributed by atoms with E-state index in [1.807, 2.05) is 0 Å². The monoisotopic (exact) mass is 338 g/mol. The first-order chi connectivity index (χ1) is 9.28. The SMILES string of the molecule is CS(=O)(=O)OCCCn1c(=O)[nH]c2cc(Cl)c(Cl)cc21. The zero-order chi connectivity index (χ0) is 14.9. The Morgan fingerprint density at radius 1 is 1.30 bits per heavy atom. The number of imidazole rings is 1. The Kier molecular flexibility index (Phi) is 4.43. The van der Waals surface area contributed by atoms with Crippen LogP contribution in [0.5, 0.6) is 0 Å². The first kappa shape index (κ1) is 15.4. The average Bonchev–Trinajstić information content (AvgIpc) is 2.60. The Morgan fingerprint density at radius 2 is 1.95 bits per heavy atom. The predicted molar refractivity (Wildman–Crippen MR) is 78.0 cm³/mol. The van der Waals surface area contributed by atoms with Gasteiger partial charge in [-0.25, -0.2) is 4.79 Å². The maximum atomic E-state index is 11.8. The number of aryl methyl sites for hydroxylation is 1. The summed E-state index contributed by atoms with van der Waals surface area (Å²) in [6.07, 6.45) is 1.35. The molecule has 0 bridgehead atoms. The Hall–Kier alpha value is -1.02. The molecule has 2 aromatic rings. The van der Waals surface area contributed by atoms with Crippen molar-refractivity contribution in [1.29, 1.82) is 0 Å². The highest BCUT2D eigenvalue weighted by Gasteiger charge is 2.10. The summed E-state index contributed by atoms with van der Waals surface area (Å²) in [5.41, 5.74) is 0.884. The molecule has 2 rings (SSSR count). The quantitative estimate of drug-likeness (QED) is 0.667. The van der Waals surface area contributed by atoms with Gasteiger partial charge in [0.15, 0.2) is 0 Å².